The first-order chi connectivity index (χ1) is 17.3. The van der Waals surface area contributed by atoms with Crippen molar-refractivity contribution in [2.75, 3.05) is 31.1 Å². The van der Waals surface area contributed by atoms with Crippen LogP contribution in [0.5, 0.6) is 0 Å². The van der Waals surface area contributed by atoms with Gasteiger partial charge < -0.3 is 14.9 Å². The average molecular weight is 530 g/mol. The third-order valence-corrected chi connectivity index (χ3v) is 7.77. The lowest BCUT2D eigenvalue weighted by atomic mass is 9.72. The van der Waals surface area contributed by atoms with E-state index in [1.54, 1.807) is 29.4 Å². The molecule has 0 saturated carbocycles. The van der Waals surface area contributed by atoms with Gasteiger partial charge in [-0.05, 0) is 29.8 Å². The number of aromatic nitrogens is 3. The molecule has 1 amide bonds. The summed E-state index contributed by atoms with van der Waals surface area (Å²) >= 11 is 0. The van der Waals surface area contributed by atoms with Crippen LogP contribution < -0.4 is 4.90 Å². The largest absolute Gasteiger partial charge is 0.383 e. The molecule has 7 nitrogen and oxygen atoms in total. The minimum atomic E-state index is -1.16. The maximum Gasteiger partial charge on any atom is 0.228 e. The molecule has 2 aliphatic rings. The number of carbonyl (C=O) groups excluding carboxylic acids is 1. The smallest absolute Gasteiger partial charge is 0.228 e. The highest BCUT2D eigenvalue weighted by Crippen LogP contribution is 2.42. The Labute approximate surface area is 221 Å². The molecule has 196 valence electrons. The fourth-order valence-electron chi connectivity index (χ4n) is 5.85. The normalized spacial score (nSPS) is 27.6. The Morgan fingerprint density at radius 1 is 1.00 bits per heavy atom. The van der Waals surface area contributed by atoms with Crippen molar-refractivity contribution >= 4 is 24.1 Å². The van der Waals surface area contributed by atoms with Crippen LogP contribution in [0.1, 0.15) is 31.0 Å². The lowest BCUT2D eigenvalue weighted by Gasteiger charge is -2.48. The zero-order chi connectivity index (χ0) is 25.4. The molecule has 0 aliphatic carbocycles. The van der Waals surface area contributed by atoms with E-state index >= 15 is 0 Å². The summed E-state index contributed by atoms with van der Waals surface area (Å²) < 4.78 is 28.5. The number of benzene rings is 1. The zero-order valence-corrected chi connectivity index (χ0v) is 21.5. The molecule has 2 aliphatic heterocycles. The number of pyridine rings is 1. The SMILES string of the molecule is C[C@@H]1CN(C(=O)[C@@H]2CN(c3ccncn3)C[C@H]2c2ccc(F)cc2F)C[C@H](C)C1(O)c1ccccn1.Cl. The predicted octanol–water partition coefficient (Wildman–Crippen LogP) is 3.79. The standard InChI is InChI=1S/C27H29F2N5O2.ClH/c1-17-12-34(13-18(2)27(17,36)24-5-3-4-9-31-24)26(35)22-15-33(25-8-10-30-16-32-25)14-21(22)20-7-6-19(28)11-23(20)29;/h3-11,16-18,21-22,36H,12-15H2,1-2H3;1H/t17-,18+,21-,22+,27?;/m0./s1. The van der Waals surface area contributed by atoms with Crippen LogP contribution in [0.3, 0.4) is 0 Å². The van der Waals surface area contributed by atoms with E-state index in [9.17, 15) is 18.7 Å². The Balaban J connectivity index is 0.00000320. The van der Waals surface area contributed by atoms with E-state index < -0.39 is 29.1 Å². The Hall–Kier alpha value is -3.17. The summed E-state index contributed by atoms with van der Waals surface area (Å²) in [7, 11) is 0. The zero-order valence-electron chi connectivity index (χ0n) is 20.7. The molecular weight excluding hydrogens is 500 g/mol. The van der Waals surface area contributed by atoms with Gasteiger partial charge in [0.05, 0.1) is 11.6 Å². The molecule has 1 N–H and O–H groups in total. The molecule has 10 heteroatoms. The van der Waals surface area contributed by atoms with Gasteiger partial charge in [0.1, 0.15) is 29.4 Å². The molecular formula is C27H30ClF2N5O2. The summed E-state index contributed by atoms with van der Waals surface area (Å²) in [4.78, 5) is 30.3. The average Bonchev–Trinajstić information content (AvgIpc) is 3.32. The quantitative estimate of drug-likeness (QED) is 0.554. The van der Waals surface area contributed by atoms with Gasteiger partial charge in [0.15, 0.2) is 0 Å². The first-order valence-corrected chi connectivity index (χ1v) is 12.2. The molecule has 4 heterocycles. The van der Waals surface area contributed by atoms with Crippen molar-refractivity contribution in [1.82, 2.24) is 19.9 Å². The van der Waals surface area contributed by atoms with Crippen LogP contribution in [0, 0.1) is 29.4 Å². The summed E-state index contributed by atoms with van der Waals surface area (Å²) in [6.07, 6.45) is 4.72. The second-order valence-corrected chi connectivity index (χ2v) is 9.94. The van der Waals surface area contributed by atoms with E-state index in [1.165, 1.54) is 18.5 Å². The van der Waals surface area contributed by atoms with Gasteiger partial charge >= 0.3 is 0 Å². The number of hydrogen-bond acceptors (Lipinski definition) is 6. The Morgan fingerprint density at radius 3 is 2.38 bits per heavy atom. The van der Waals surface area contributed by atoms with Crippen molar-refractivity contribution in [2.45, 2.75) is 25.4 Å². The lowest BCUT2D eigenvalue weighted by molar-refractivity contribution is -0.153. The number of anilines is 1. The summed E-state index contributed by atoms with van der Waals surface area (Å²) in [5.74, 6) is -2.33. The third-order valence-electron chi connectivity index (χ3n) is 7.77. The highest BCUT2D eigenvalue weighted by atomic mass is 35.5. The van der Waals surface area contributed by atoms with Crippen LogP contribution in [0.25, 0.3) is 0 Å². The van der Waals surface area contributed by atoms with E-state index in [4.69, 9.17) is 0 Å². The van der Waals surface area contributed by atoms with Gasteiger partial charge in [-0.3, -0.25) is 9.78 Å². The predicted molar refractivity (Wildman–Crippen MR) is 137 cm³/mol. The highest BCUT2D eigenvalue weighted by molar-refractivity contribution is 5.85. The first-order valence-electron chi connectivity index (χ1n) is 12.2. The van der Waals surface area contributed by atoms with E-state index in [-0.39, 0.29) is 30.2 Å². The van der Waals surface area contributed by atoms with Crippen molar-refractivity contribution in [3.05, 3.63) is 84.1 Å². The van der Waals surface area contributed by atoms with E-state index in [1.807, 2.05) is 30.9 Å². The molecule has 1 unspecified atom stereocenters. The van der Waals surface area contributed by atoms with Crippen LogP contribution >= 0.6 is 12.4 Å². The first kappa shape index (κ1) is 26.9. The minimum Gasteiger partial charge on any atom is -0.383 e. The molecule has 0 bridgehead atoms. The monoisotopic (exact) mass is 529 g/mol. The molecule has 2 fully saturated rings. The Morgan fingerprint density at radius 2 is 1.76 bits per heavy atom. The number of piperidine rings is 1. The Kier molecular flexibility index (Phi) is 7.75. The molecule has 3 aromatic rings. The summed E-state index contributed by atoms with van der Waals surface area (Å²) in [5, 5.41) is 11.6. The number of nitrogens with zero attached hydrogens (tertiary/aromatic N) is 5. The number of amides is 1. The van der Waals surface area contributed by atoms with Gasteiger partial charge in [0, 0.05) is 62.4 Å². The number of hydrogen-bond donors (Lipinski definition) is 1. The maximum absolute atomic E-state index is 14.9. The van der Waals surface area contributed by atoms with Crippen molar-refractivity contribution in [1.29, 1.82) is 0 Å². The van der Waals surface area contributed by atoms with Crippen molar-refractivity contribution in [3.63, 3.8) is 0 Å². The van der Waals surface area contributed by atoms with Gasteiger partial charge in [-0.2, -0.15) is 0 Å². The van der Waals surface area contributed by atoms with Gasteiger partial charge in [-0.1, -0.05) is 26.0 Å². The summed E-state index contributed by atoms with van der Waals surface area (Å²) in [5.41, 5.74) is -0.253. The van der Waals surface area contributed by atoms with Crippen LogP contribution in [0.15, 0.2) is 61.2 Å². The molecule has 2 saturated heterocycles. The summed E-state index contributed by atoms with van der Waals surface area (Å²) in [6, 6.07) is 10.7. The lowest BCUT2D eigenvalue weighted by Crippen LogP contribution is -2.57. The molecule has 0 spiro atoms. The van der Waals surface area contributed by atoms with Crippen LogP contribution in [0.4, 0.5) is 14.6 Å². The van der Waals surface area contributed by atoms with Crippen LogP contribution in [0.2, 0.25) is 0 Å². The highest BCUT2D eigenvalue weighted by Gasteiger charge is 2.50. The van der Waals surface area contributed by atoms with Crippen molar-refractivity contribution in [3.8, 4) is 0 Å². The molecule has 0 radical (unpaired) electrons. The third kappa shape index (κ3) is 4.90. The number of carbonyl (C=O) groups is 1. The van der Waals surface area contributed by atoms with Gasteiger partial charge in [0.2, 0.25) is 5.91 Å². The second kappa shape index (κ2) is 10.7. The van der Waals surface area contributed by atoms with Gasteiger partial charge in [0.25, 0.3) is 0 Å². The molecule has 5 atom stereocenters. The van der Waals surface area contributed by atoms with E-state index in [0.29, 0.717) is 43.3 Å². The molecule has 2 aromatic heterocycles. The fourth-order valence-corrected chi connectivity index (χ4v) is 5.85. The topological polar surface area (TPSA) is 82.5 Å². The van der Waals surface area contributed by atoms with Gasteiger partial charge in [-0.15, -0.1) is 12.4 Å². The van der Waals surface area contributed by atoms with E-state index in [2.05, 4.69) is 15.0 Å². The fraction of sp³-hybridized carbons (Fsp3) is 0.407. The van der Waals surface area contributed by atoms with Crippen molar-refractivity contribution in [2.24, 2.45) is 17.8 Å². The number of aliphatic hydroxyl groups is 1. The Bertz CT molecular complexity index is 1220. The number of rotatable bonds is 4. The number of likely N-dealkylation sites (tertiary alicyclic amines) is 1. The van der Waals surface area contributed by atoms with E-state index in [0.717, 1.165) is 6.07 Å². The van der Waals surface area contributed by atoms with Crippen LogP contribution in [-0.4, -0.2) is 57.0 Å². The minimum absolute atomic E-state index is 0. The molecule has 5 rings (SSSR count). The summed E-state index contributed by atoms with van der Waals surface area (Å²) in [6.45, 7) is 5.25. The molecule has 1 aromatic carbocycles. The second-order valence-electron chi connectivity index (χ2n) is 9.94. The molecule has 37 heavy (non-hydrogen) atoms. The maximum atomic E-state index is 14.9. The van der Waals surface area contributed by atoms with Crippen LogP contribution in [-0.2, 0) is 10.4 Å². The number of halogens is 3. The van der Waals surface area contributed by atoms with Crippen molar-refractivity contribution < 1.29 is 18.7 Å². The van der Waals surface area contributed by atoms with Gasteiger partial charge in [-0.25, -0.2) is 18.7 Å².